The molecule has 1 aromatic rings. The van der Waals surface area contributed by atoms with Crippen molar-refractivity contribution in [2.75, 3.05) is 12.3 Å². The monoisotopic (exact) mass is 271 g/mol. The molecule has 4 heteroatoms. The van der Waals surface area contributed by atoms with Crippen molar-refractivity contribution in [2.24, 2.45) is 0 Å². The zero-order valence-electron chi connectivity index (χ0n) is 8.84. The minimum Gasteiger partial charge on any atom is -0.462 e. The molecule has 0 unspecified atom stereocenters. The second kappa shape index (κ2) is 5.16. The third-order valence-electron chi connectivity index (χ3n) is 2.04. The second-order valence-electron chi connectivity index (χ2n) is 3.29. The van der Waals surface area contributed by atoms with E-state index in [1.807, 2.05) is 26.0 Å². The first-order valence-corrected chi connectivity index (χ1v) is 5.59. The van der Waals surface area contributed by atoms with Crippen molar-refractivity contribution < 1.29 is 9.53 Å². The van der Waals surface area contributed by atoms with Gasteiger partial charge in [0.1, 0.15) is 0 Å². The van der Waals surface area contributed by atoms with Crippen molar-refractivity contribution in [3.8, 4) is 0 Å². The maximum absolute atomic E-state index is 11.7. The normalized spacial score (nSPS) is 10.1. The number of anilines is 1. The summed E-state index contributed by atoms with van der Waals surface area (Å²) >= 11 is 3.28. The van der Waals surface area contributed by atoms with Gasteiger partial charge in [0, 0.05) is 4.47 Å². The summed E-state index contributed by atoms with van der Waals surface area (Å²) in [4.78, 5) is 11.7. The van der Waals surface area contributed by atoms with E-state index in [4.69, 9.17) is 10.5 Å². The summed E-state index contributed by atoms with van der Waals surface area (Å²) in [7, 11) is 0. The van der Waals surface area contributed by atoms with Gasteiger partial charge >= 0.3 is 5.97 Å². The summed E-state index contributed by atoms with van der Waals surface area (Å²) < 4.78 is 5.77. The first-order chi connectivity index (χ1) is 7.07. The molecule has 0 bridgehead atoms. The van der Waals surface area contributed by atoms with Gasteiger partial charge in [-0.1, -0.05) is 13.0 Å². The molecule has 0 saturated carbocycles. The molecule has 1 aromatic carbocycles. The Morgan fingerprint density at radius 3 is 2.80 bits per heavy atom. The van der Waals surface area contributed by atoms with Gasteiger partial charge in [-0.25, -0.2) is 4.79 Å². The largest absolute Gasteiger partial charge is 0.462 e. The second-order valence-corrected chi connectivity index (χ2v) is 4.14. The highest BCUT2D eigenvalue weighted by molar-refractivity contribution is 9.10. The number of ether oxygens (including phenoxy) is 1. The number of nitrogen functional groups attached to an aromatic ring is 1. The zero-order chi connectivity index (χ0) is 11.4. The molecule has 0 aromatic heterocycles. The van der Waals surface area contributed by atoms with E-state index in [9.17, 15) is 4.79 Å². The van der Waals surface area contributed by atoms with Crippen LogP contribution in [0.15, 0.2) is 16.6 Å². The van der Waals surface area contributed by atoms with E-state index in [0.29, 0.717) is 17.9 Å². The van der Waals surface area contributed by atoms with Crippen LogP contribution >= 0.6 is 15.9 Å². The fourth-order valence-electron chi connectivity index (χ4n) is 1.24. The Balaban J connectivity index is 3.02. The first kappa shape index (κ1) is 12.0. The molecule has 0 atom stereocenters. The van der Waals surface area contributed by atoms with E-state index >= 15 is 0 Å². The van der Waals surface area contributed by atoms with Gasteiger partial charge in [0.2, 0.25) is 0 Å². The van der Waals surface area contributed by atoms with Gasteiger partial charge < -0.3 is 10.5 Å². The zero-order valence-corrected chi connectivity index (χ0v) is 10.4. The number of hydrogen-bond acceptors (Lipinski definition) is 3. The van der Waals surface area contributed by atoms with Gasteiger partial charge in [-0.05, 0) is 40.9 Å². The lowest BCUT2D eigenvalue weighted by Gasteiger charge is -2.10. The number of carbonyl (C=O) groups is 1. The number of halogens is 1. The molecular weight excluding hydrogens is 258 g/mol. The highest BCUT2D eigenvalue weighted by Crippen LogP contribution is 2.26. The predicted molar refractivity (Wildman–Crippen MR) is 63.9 cm³/mol. The third-order valence-corrected chi connectivity index (χ3v) is 2.73. The smallest absolute Gasteiger partial charge is 0.340 e. The fourth-order valence-corrected chi connectivity index (χ4v) is 1.57. The molecule has 0 spiro atoms. The lowest BCUT2D eigenvalue weighted by Crippen LogP contribution is -2.11. The van der Waals surface area contributed by atoms with Gasteiger partial charge in [0.05, 0.1) is 17.9 Å². The van der Waals surface area contributed by atoms with Crippen LogP contribution in [0.1, 0.15) is 29.3 Å². The van der Waals surface area contributed by atoms with Crippen molar-refractivity contribution in [1.29, 1.82) is 0 Å². The van der Waals surface area contributed by atoms with Crippen molar-refractivity contribution in [1.82, 2.24) is 0 Å². The number of esters is 1. The van der Waals surface area contributed by atoms with Crippen LogP contribution < -0.4 is 5.73 Å². The van der Waals surface area contributed by atoms with E-state index in [1.54, 1.807) is 0 Å². The van der Waals surface area contributed by atoms with E-state index < -0.39 is 0 Å². The summed E-state index contributed by atoms with van der Waals surface area (Å²) in [6.45, 7) is 4.21. The Morgan fingerprint density at radius 2 is 2.20 bits per heavy atom. The number of carbonyl (C=O) groups excluding carboxylic acids is 1. The molecular formula is C11H14BrNO2. The summed E-state index contributed by atoms with van der Waals surface area (Å²) in [6, 6.07) is 3.66. The van der Waals surface area contributed by atoms with Gasteiger partial charge in [-0.15, -0.1) is 0 Å². The van der Waals surface area contributed by atoms with Gasteiger partial charge in [-0.2, -0.15) is 0 Å². The number of nitrogens with two attached hydrogens (primary N) is 1. The number of rotatable bonds is 3. The molecule has 2 N–H and O–H groups in total. The SMILES string of the molecule is CCCOC(=O)c1c(C)ccc(Br)c1N. The molecule has 0 radical (unpaired) electrons. The summed E-state index contributed by atoms with van der Waals surface area (Å²) in [5.74, 6) is -0.354. The molecule has 1 rings (SSSR count). The fraction of sp³-hybridized carbons (Fsp3) is 0.364. The number of benzene rings is 1. The maximum atomic E-state index is 11.7. The number of hydrogen-bond donors (Lipinski definition) is 1. The average Bonchev–Trinajstić information content (AvgIpc) is 2.21. The molecule has 15 heavy (non-hydrogen) atoms. The molecule has 82 valence electrons. The molecule has 0 aliphatic heterocycles. The average molecular weight is 272 g/mol. The van der Waals surface area contributed by atoms with E-state index in [1.165, 1.54) is 0 Å². The van der Waals surface area contributed by atoms with E-state index in [0.717, 1.165) is 16.5 Å². The van der Waals surface area contributed by atoms with Crippen molar-refractivity contribution >= 4 is 27.6 Å². The van der Waals surface area contributed by atoms with Crippen LogP contribution in [0.2, 0.25) is 0 Å². The van der Waals surface area contributed by atoms with E-state index in [2.05, 4.69) is 15.9 Å². The molecule has 0 aliphatic carbocycles. The molecule has 3 nitrogen and oxygen atoms in total. The van der Waals surface area contributed by atoms with Crippen LogP contribution in [0.3, 0.4) is 0 Å². The van der Waals surface area contributed by atoms with Crippen LogP contribution in [0, 0.1) is 6.92 Å². The van der Waals surface area contributed by atoms with Gasteiger partial charge in [0.25, 0.3) is 0 Å². The van der Waals surface area contributed by atoms with Crippen molar-refractivity contribution in [3.63, 3.8) is 0 Å². The first-order valence-electron chi connectivity index (χ1n) is 4.79. The van der Waals surface area contributed by atoms with Crippen LogP contribution in [0.4, 0.5) is 5.69 Å². The quantitative estimate of drug-likeness (QED) is 0.680. The highest BCUT2D eigenvalue weighted by atomic mass is 79.9. The third kappa shape index (κ3) is 2.72. The van der Waals surface area contributed by atoms with Crippen molar-refractivity contribution in [3.05, 3.63) is 27.7 Å². The van der Waals surface area contributed by atoms with Gasteiger partial charge in [0.15, 0.2) is 0 Å². The standard InChI is InChI=1S/C11H14BrNO2/c1-3-6-15-11(14)9-7(2)4-5-8(12)10(9)13/h4-5H,3,6,13H2,1-2H3. The Kier molecular flexibility index (Phi) is 4.15. The van der Waals surface area contributed by atoms with Gasteiger partial charge in [-0.3, -0.25) is 0 Å². The predicted octanol–water partition coefficient (Wildman–Crippen LogP) is 2.91. The highest BCUT2D eigenvalue weighted by Gasteiger charge is 2.15. The summed E-state index contributed by atoms with van der Waals surface area (Å²) in [6.07, 6.45) is 0.804. The maximum Gasteiger partial charge on any atom is 0.340 e. The van der Waals surface area contributed by atoms with E-state index in [-0.39, 0.29) is 5.97 Å². The number of aryl methyl sites for hydroxylation is 1. The van der Waals surface area contributed by atoms with Crippen LogP contribution in [0.5, 0.6) is 0 Å². The van der Waals surface area contributed by atoms with Crippen LogP contribution in [-0.2, 0) is 4.74 Å². The molecule has 0 fully saturated rings. The molecule has 0 aliphatic rings. The molecule has 0 amide bonds. The summed E-state index contributed by atoms with van der Waals surface area (Å²) in [5, 5.41) is 0. The van der Waals surface area contributed by atoms with Crippen molar-refractivity contribution in [2.45, 2.75) is 20.3 Å². The summed E-state index contributed by atoms with van der Waals surface area (Å²) in [5.41, 5.74) is 7.54. The Bertz CT molecular complexity index is 377. The lowest BCUT2D eigenvalue weighted by atomic mass is 10.1. The Labute approximate surface area is 97.7 Å². The minimum absolute atomic E-state index is 0.354. The Morgan fingerprint density at radius 1 is 1.53 bits per heavy atom. The lowest BCUT2D eigenvalue weighted by molar-refractivity contribution is 0.0505. The molecule has 0 heterocycles. The van der Waals surface area contributed by atoms with Crippen LogP contribution in [-0.4, -0.2) is 12.6 Å². The minimum atomic E-state index is -0.354. The Hall–Kier alpha value is -1.03. The van der Waals surface area contributed by atoms with Crippen LogP contribution in [0.25, 0.3) is 0 Å². The topological polar surface area (TPSA) is 52.3 Å². The molecule has 0 saturated heterocycles.